The minimum absolute atomic E-state index is 0.0301. The molecule has 1 aliphatic rings. The Morgan fingerprint density at radius 2 is 1.96 bits per heavy atom. The molecule has 2 unspecified atom stereocenters. The molecule has 0 aromatic rings. The Hall–Kier alpha value is -1.29. The number of esters is 1. The topological polar surface area (TPSA) is 46.6 Å². The molecule has 0 aliphatic carbocycles. The van der Waals surface area contributed by atoms with E-state index in [0.29, 0.717) is 6.42 Å². The zero-order valence-corrected chi connectivity index (χ0v) is 16.9. The van der Waals surface area contributed by atoms with E-state index >= 15 is 0 Å². The number of nitrogens with zero attached hydrogens (tertiary/aromatic N) is 1. The van der Waals surface area contributed by atoms with Crippen LogP contribution < -0.4 is 0 Å². The molecule has 0 fully saturated rings. The summed E-state index contributed by atoms with van der Waals surface area (Å²) in [5, 5.41) is 0. The molecule has 25 heavy (non-hydrogen) atoms. The molecule has 1 amide bonds. The van der Waals surface area contributed by atoms with E-state index in [1.54, 1.807) is 29.8 Å². The average Bonchev–Trinajstić information content (AvgIpc) is 2.53. The molecule has 4 nitrogen and oxygen atoms in total. The number of cyclic esters (lactones) is 1. The van der Waals surface area contributed by atoms with Gasteiger partial charge in [0.05, 0.1) is 6.42 Å². The molecule has 0 saturated heterocycles. The van der Waals surface area contributed by atoms with Crippen molar-refractivity contribution in [3.8, 4) is 0 Å². The normalized spacial score (nSPS) is 28.2. The number of hydrogen-bond acceptors (Lipinski definition) is 3. The molecule has 2 atom stereocenters. The van der Waals surface area contributed by atoms with Crippen molar-refractivity contribution in [3.05, 3.63) is 23.4 Å². The van der Waals surface area contributed by atoms with Gasteiger partial charge in [-0.3, -0.25) is 9.59 Å². The quantitative estimate of drug-likeness (QED) is 0.562. The second-order valence-electron chi connectivity index (χ2n) is 8.00. The van der Waals surface area contributed by atoms with Crippen molar-refractivity contribution in [1.29, 1.82) is 0 Å². The molecule has 5 heteroatoms. The van der Waals surface area contributed by atoms with Crippen molar-refractivity contribution >= 4 is 23.5 Å². The second-order valence-corrected chi connectivity index (χ2v) is 8.22. The zero-order chi connectivity index (χ0) is 19.0. The van der Waals surface area contributed by atoms with Crippen LogP contribution in [0, 0.1) is 11.3 Å². The highest BCUT2D eigenvalue weighted by Gasteiger charge is 2.29. The Balaban J connectivity index is 2.95. The van der Waals surface area contributed by atoms with Gasteiger partial charge in [-0.2, -0.15) is 0 Å². The largest absolute Gasteiger partial charge is 0.461 e. The van der Waals surface area contributed by atoms with Crippen LogP contribution in [-0.4, -0.2) is 29.9 Å². The summed E-state index contributed by atoms with van der Waals surface area (Å²) >= 11 is 6.01. The number of amides is 1. The summed E-state index contributed by atoms with van der Waals surface area (Å²) in [7, 11) is 1.73. The van der Waals surface area contributed by atoms with E-state index < -0.39 is 0 Å². The van der Waals surface area contributed by atoms with Gasteiger partial charge >= 0.3 is 5.97 Å². The Morgan fingerprint density at radius 3 is 2.56 bits per heavy atom. The Kier molecular flexibility index (Phi) is 8.70. The van der Waals surface area contributed by atoms with E-state index in [4.69, 9.17) is 16.3 Å². The molecule has 0 bridgehead atoms. The van der Waals surface area contributed by atoms with Crippen LogP contribution in [0.4, 0.5) is 0 Å². The first-order valence-electron chi connectivity index (χ1n) is 9.06. The summed E-state index contributed by atoms with van der Waals surface area (Å²) < 4.78 is 5.71. The molecule has 142 valence electrons. The minimum atomic E-state index is -0.283. The predicted molar refractivity (Wildman–Crippen MR) is 102 cm³/mol. The van der Waals surface area contributed by atoms with E-state index in [9.17, 15) is 9.59 Å². The van der Waals surface area contributed by atoms with Crippen molar-refractivity contribution in [2.45, 2.75) is 72.3 Å². The fourth-order valence-corrected chi connectivity index (χ4v) is 3.02. The van der Waals surface area contributed by atoms with E-state index in [-0.39, 0.29) is 35.7 Å². The van der Waals surface area contributed by atoms with Gasteiger partial charge < -0.3 is 9.64 Å². The highest BCUT2D eigenvalue weighted by atomic mass is 35.5. The minimum Gasteiger partial charge on any atom is -0.461 e. The first kappa shape index (κ1) is 21.8. The van der Waals surface area contributed by atoms with Crippen LogP contribution >= 0.6 is 11.6 Å². The maximum Gasteiger partial charge on any atom is 0.309 e. The van der Waals surface area contributed by atoms with Crippen LogP contribution in [0.1, 0.15) is 66.2 Å². The standard InChI is InChI=1S/C20H32ClNO3/c1-15-9-6-7-10-16(14-21)13-17(20(2,3)4)25-18(23)11-8-12-22(5)19(15)24/h8,12,14-15,17H,6-7,9-11,13H2,1-5H3/b12-8-,16-14+. The molecular formula is C20H32ClNO3. The van der Waals surface area contributed by atoms with Gasteiger partial charge in [0, 0.05) is 31.1 Å². The number of ether oxygens (including phenoxy) is 1. The van der Waals surface area contributed by atoms with Crippen molar-refractivity contribution in [2.75, 3.05) is 7.05 Å². The maximum atomic E-state index is 12.3. The van der Waals surface area contributed by atoms with E-state index in [1.165, 1.54) is 0 Å². The van der Waals surface area contributed by atoms with Crippen molar-refractivity contribution in [2.24, 2.45) is 11.3 Å². The summed E-state index contributed by atoms with van der Waals surface area (Å²) in [5.41, 5.74) is 2.54. The Labute approximate surface area is 157 Å². The number of carbonyl (C=O) groups excluding carboxylic acids is 2. The van der Waals surface area contributed by atoms with Crippen LogP contribution in [-0.2, 0) is 14.3 Å². The summed E-state index contributed by atoms with van der Waals surface area (Å²) in [4.78, 5) is 26.0. The highest BCUT2D eigenvalue weighted by Crippen LogP contribution is 2.30. The van der Waals surface area contributed by atoms with Crippen LogP contribution in [0.3, 0.4) is 0 Å². The van der Waals surface area contributed by atoms with E-state index in [0.717, 1.165) is 31.3 Å². The first-order chi connectivity index (χ1) is 11.6. The SMILES string of the molecule is CC1CCCC/C(=C\Cl)CC(C(C)(C)C)OC(=O)C/C=C\N(C)C1=O. The molecule has 0 aromatic heterocycles. The van der Waals surface area contributed by atoms with Gasteiger partial charge in [0.15, 0.2) is 0 Å². The van der Waals surface area contributed by atoms with Crippen LogP contribution in [0.2, 0.25) is 0 Å². The lowest BCUT2D eigenvalue weighted by Gasteiger charge is -2.31. The van der Waals surface area contributed by atoms with Gasteiger partial charge in [-0.25, -0.2) is 0 Å². The fourth-order valence-electron chi connectivity index (χ4n) is 2.82. The Morgan fingerprint density at radius 1 is 1.28 bits per heavy atom. The average molecular weight is 370 g/mol. The van der Waals surface area contributed by atoms with Gasteiger partial charge in [0.2, 0.25) is 5.91 Å². The summed E-state index contributed by atoms with van der Waals surface area (Å²) in [5.74, 6) is -0.244. The van der Waals surface area contributed by atoms with Crippen molar-refractivity contribution in [1.82, 2.24) is 4.90 Å². The second kappa shape index (κ2) is 10.0. The molecule has 0 N–H and O–H groups in total. The van der Waals surface area contributed by atoms with Gasteiger partial charge in [-0.1, -0.05) is 57.4 Å². The van der Waals surface area contributed by atoms with Gasteiger partial charge in [0.25, 0.3) is 0 Å². The molecule has 1 aliphatic heterocycles. The fraction of sp³-hybridized carbons (Fsp3) is 0.700. The predicted octanol–water partition coefficient (Wildman–Crippen LogP) is 5.03. The summed E-state index contributed by atoms with van der Waals surface area (Å²) in [6, 6.07) is 0. The van der Waals surface area contributed by atoms with Crippen molar-refractivity contribution in [3.63, 3.8) is 0 Å². The number of hydrogen-bond donors (Lipinski definition) is 0. The van der Waals surface area contributed by atoms with E-state index in [1.807, 2.05) is 6.92 Å². The maximum absolute atomic E-state index is 12.3. The third-order valence-corrected chi connectivity index (χ3v) is 4.92. The van der Waals surface area contributed by atoms with Crippen molar-refractivity contribution < 1.29 is 14.3 Å². The lowest BCUT2D eigenvalue weighted by molar-refractivity contribution is -0.153. The smallest absolute Gasteiger partial charge is 0.309 e. The Bertz CT molecular complexity index is 520. The molecule has 0 spiro atoms. The molecule has 1 heterocycles. The first-order valence-corrected chi connectivity index (χ1v) is 9.49. The molecule has 1 rings (SSSR count). The monoisotopic (exact) mass is 369 g/mol. The molecule has 0 radical (unpaired) electrons. The van der Waals surface area contributed by atoms with Gasteiger partial charge in [0.1, 0.15) is 6.10 Å². The summed E-state index contributed by atoms with van der Waals surface area (Å²) in [6.45, 7) is 8.14. The number of halogens is 1. The van der Waals surface area contributed by atoms with Crippen LogP contribution in [0.5, 0.6) is 0 Å². The molecular weight excluding hydrogens is 338 g/mol. The zero-order valence-electron chi connectivity index (χ0n) is 16.2. The number of rotatable bonds is 0. The van der Waals surface area contributed by atoms with Crippen LogP contribution in [0.15, 0.2) is 23.4 Å². The number of carbonyl (C=O) groups is 2. The molecule has 0 aromatic carbocycles. The molecule has 0 saturated carbocycles. The summed E-state index contributed by atoms with van der Waals surface area (Å²) in [6.07, 6.45) is 7.59. The highest BCUT2D eigenvalue weighted by molar-refractivity contribution is 6.25. The third kappa shape index (κ3) is 7.64. The van der Waals surface area contributed by atoms with Crippen LogP contribution in [0.25, 0.3) is 0 Å². The third-order valence-electron chi connectivity index (χ3n) is 4.61. The lowest BCUT2D eigenvalue weighted by Crippen LogP contribution is -2.32. The van der Waals surface area contributed by atoms with Gasteiger partial charge in [-0.15, -0.1) is 0 Å². The van der Waals surface area contributed by atoms with Gasteiger partial charge in [-0.05, 0) is 24.7 Å². The lowest BCUT2D eigenvalue weighted by atomic mass is 9.84. The van der Waals surface area contributed by atoms with E-state index in [2.05, 4.69) is 20.8 Å².